The number of hydrogen-bond acceptors (Lipinski definition) is 6. The third-order valence-corrected chi connectivity index (χ3v) is 8.17. The molecule has 2 atom stereocenters. The largest absolute Gasteiger partial charge is 0.381 e. The summed E-state index contributed by atoms with van der Waals surface area (Å²) in [5, 5.41) is 9.13. The van der Waals surface area contributed by atoms with Gasteiger partial charge in [-0.15, -0.1) is 17.3 Å². The zero-order chi connectivity index (χ0) is 27.8. The van der Waals surface area contributed by atoms with E-state index in [0.717, 1.165) is 51.2 Å². The number of amides is 2. The summed E-state index contributed by atoms with van der Waals surface area (Å²) in [7, 11) is 1.74. The quantitative estimate of drug-likeness (QED) is 0.364. The fourth-order valence-corrected chi connectivity index (χ4v) is 5.98. The molecule has 2 heterocycles. The standard InChI is InChI=1S/C31H38N4O3S/c1-5-10-26-29(25-14-9-12-22-11-7-8-13-24(22)25)33-27(39-26)20-35(17-6-2)31(37)28(23-15-18-38-19-16-23)34-30(36)21(3)32-4/h7-9,11-14,21,23,28,32H,6,15-20H2,1-4H3,(H,34,36)/t21-,28?/m0/s1. The molecule has 0 radical (unpaired) electrons. The highest BCUT2D eigenvalue weighted by Crippen LogP contribution is 2.34. The summed E-state index contributed by atoms with van der Waals surface area (Å²) in [6.07, 6.45) is 2.28. The van der Waals surface area contributed by atoms with Crippen molar-refractivity contribution in [3.63, 3.8) is 0 Å². The van der Waals surface area contributed by atoms with Crippen LogP contribution in [0.5, 0.6) is 0 Å². The molecule has 0 spiro atoms. The van der Waals surface area contributed by atoms with Gasteiger partial charge in [0.2, 0.25) is 11.8 Å². The van der Waals surface area contributed by atoms with Crippen LogP contribution in [0.3, 0.4) is 0 Å². The first-order valence-electron chi connectivity index (χ1n) is 13.7. The highest BCUT2D eigenvalue weighted by Gasteiger charge is 2.35. The molecule has 1 unspecified atom stereocenters. The summed E-state index contributed by atoms with van der Waals surface area (Å²) in [5.74, 6) is 6.06. The molecule has 1 saturated heterocycles. The normalized spacial score (nSPS) is 15.3. The summed E-state index contributed by atoms with van der Waals surface area (Å²) in [5.41, 5.74) is 1.89. The fraction of sp³-hybridized carbons (Fsp3) is 0.452. The summed E-state index contributed by atoms with van der Waals surface area (Å²) < 4.78 is 5.55. The second kappa shape index (κ2) is 13.7. The fourth-order valence-electron chi connectivity index (χ4n) is 4.98. The molecule has 0 saturated carbocycles. The lowest BCUT2D eigenvalue weighted by Crippen LogP contribution is -2.56. The van der Waals surface area contributed by atoms with Gasteiger partial charge in [-0.05, 0) is 56.8 Å². The van der Waals surface area contributed by atoms with Crippen LogP contribution in [0.25, 0.3) is 22.0 Å². The van der Waals surface area contributed by atoms with Crippen LogP contribution in [0.15, 0.2) is 42.5 Å². The number of nitrogens with zero attached hydrogens (tertiary/aromatic N) is 2. The molecule has 0 bridgehead atoms. The van der Waals surface area contributed by atoms with Gasteiger partial charge in [-0.1, -0.05) is 55.3 Å². The Morgan fingerprint density at radius 3 is 2.64 bits per heavy atom. The second-order valence-corrected chi connectivity index (χ2v) is 11.0. The zero-order valence-corrected chi connectivity index (χ0v) is 24.1. The molecule has 2 N–H and O–H groups in total. The zero-order valence-electron chi connectivity index (χ0n) is 23.3. The van der Waals surface area contributed by atoms with E-state index in [1.165, 1.54) is 11.3 Å². The van der Waals surface area contributed by atoms with Gasteiger partial charge in [0.25, 0.3) is 0 Å². The van der Waals surface area contributed by atoms with Gasteiger partial charge in [0.05, 0.1) is 18.3 Å². The first-order chi connectivity index (χ1) is 19.0. The predicted molar refractivity (Wildman–Crippen MR) is 157 cm³/mol. The predicted octanol–water partition coefficient (Wildman–Crippen LogP) is 4.59. The number of benzene rings is 2. The van der Waals surface area contributed by atoms with Crippen molar-refractivity contribution in [2.75, 3.05) is 26.8 Å². The maximum absolute atomic E-state index is 14.0. The van der Waals surface area contributed by atoms with Gasteiger partial charge in [0.1, 0.15) is 15.9 Å². The van der Waals surface area contributed by atoms with Crippen molar-refractivity contribution >= 4 is 33.9 Å². The minimum absolute atomic E-state index is 0.0303. The van der Waals surface area contributed by atoms with Gasteiger partial charge < -0.3 is 20.3 Å². The molecule has 39 heavy (non-hydrogen) atoms. The Morgan fingerprint density at radius 1 is 1.18 bits per heavy atom. The van der Waals surface area contributed by atoms with Crippen molar-refractivity contribution in [1.82, 2.24) is 20.5 Å². The summed E-state index contributed by atoms with van der Waals surface area (Å²) in [4.78, 5) is 34.7. The summed E-state index contributed by atoms with van der Waals surface area (Å²) >= 11 is 1.53. The van der Waals surface area contributed by atoms with Crippen LogP contribution in [-0.4, -0.2) is 60.6 Å². The van der Waals surface area contributed by atoms with E-state index >= 15 is 0 Å². The van der Waals surface area contributed by atoms with Gasteiger partial charge in [0, 0.05) is 25.3 Å². The van der Waals surface area contributed by atoms with Crippen molar-refractivity contribution in [1.29, 1.82) is 0 Å². The third-order valence-electron chi connectivity index (χ3n) is 7.21. The first kappa shape index (κ1) is 28.8. The minimum Gasteiger partial charge on any atom is -0.381 e. The van der Waals surface area contributed by atoms with Crippen LogP contribution < -0.4 is 10.6 Å². The van der Waals surface area contributed by atoms with E-state index in [4.69, 9.17) is 9.72 Å². The van der Waals surface area contributed by atoms with Crippen LogP contribution in [0.1, 0.15) is 49.9 Å². The maximum Gasteiger partial charge on any atom is 0.245 e. The van der Waals surface area contributed by atoms with E-state index in [0.29, 0.717) is 26.3 Å². The van der Waals surface area contributed by atoms with Crippen molar-refractivity contribution in [2.24, 2.45) is 5.92 Å². The Morgan fingerprint density at radius 2 is 1.92 bits per heavy atom. The van der Waals surface area contributed by atoms with Crippen LogP contribution in [0, 0.1) is 17.8 Å². The van der Waals surface area contributed by atoms with Crippen LogP contribution in [0.4, 0.5) is 0 Å². The highest BCUT2D eigenvalue weighted by molar-refractivity contribution is 7.12. The van der Waals surface area contributed by atoms with Crippen molar-refractivity contribution in [3.05, 3.63) is 52.3 Å². The number of carbonyl (C=O) groups is 2. The van der Waals surface area contributed by atoms with Crippen LogP contribution in [0.2, 0.25) is 0 Å². The topological polar surface area (TPSA) is 83.6 Å². The molecule has 2 amide bonds. The molecular weight excluding hydrogens is 508 g/mol. The lowest BCUT2D eigenvalue weighted by molar-refractivity contribution is -0.140. The molecule has 0 aliphatic carbocycles. The number of carbonyl (C=O) groups excluding carboxylic acids is 2. The number of ether oxygens (including phenoxy) is 1. The molecule has 206 valence electrons. The summed E-state index contributed by atoms with van der Waals surface area (Å²) in [6.45, 7) is 7.82. The highest BCUT2D eigenvalue weighted by atomic mass is 32.1. The van der Waals surface area contributed by atoms with E-state index in [9.17, 15) is 9.59 Å². The lowest BCUT2D eigenvalue weighted by atomic mass is 9.90. The Kier molecular flexibility index (Phi) is 10.1. The van der Waals surface area contributed by atoms with Gasteiger partial charge in [-0.2, -0.15) is 0 Å². The van der Waals surface area contributed by atoms with Crippen molar-refractivity contribution < 1.29 is 14.3 Å². The van der Waals surface area contributed by atoms with Gasteiger partial charge in [-0.3, -0.25) is 9.59 Å². The average molecular weight is 547 g/mol. The van der Waals surface area contributed by atoms with Gasteiger partial charge >= 0.3 is 0 Å². The molecule has 3 aromatic rings. The van der Waals surface area contributed by atoms with E-state index < -0.39 is 12.1 Å². The Hall–Kier alpha value is -3.25. The van der Waals surface area contributed by atoms with Crippen molar-refractivity contribution in [2.45, 2.75) is 58.7 Å². The monoisotopic (exact) mass is 546 g/mol. The number of aromatic nitrogens is 1. The minimum atomic E-state index is -0.601. The van der Waals surface area contributed by atoms with E-state index in [-0.39, 0.29) is 17.7 Å². The number of likely N-dealkylation sites (N-methyl/N-ethyl adjacent to an activating group) is 1. The number of hydrogen-bond donors (Lipinski definition) is 2. The number of rotatable bonds is 10. The Bertz CT molecular complexity index is 1350. The molecule has 1 aliphatic heterocycles. The molecule has 1 fully saturated rings. The SMILES string of the molecule is CC#Cc1sc(CN(CCC)C(=O)C(NC(=O)[C@H](C)NC)C2CCOCC2)nc1-c1cccc2ccccc12. The molecule has 1 aromatic heterocycles. The number of fused-ring (bicyclic) bond motifs is 1. The van der Waals surface area contributed by atoms with Crippen LogP contribution in [-0.2, 0) is 20.9 Å². The van der Waals surface area contributed by atoms with E-state index in [1.807, 2.05) is 30.0 Å². The number of nitrogens with one attached hydrogen (secondary N) is 2. The molecule has 2 aromatic carbocycles. The smallest absolute Gasteiger partial charge is 0.245 e. The molecule has 7 nitrogen and oxygen atoms in total. The molecule has 4 rings (SSSR count). The van der Waals surface area contributed by atoms with Gasteiger partial charge in [0.15, 0.2) is 0 Å². The Balaban J connectivity index is 1.66. The average Bonchev–Trinajstić information content (AvgIpc) is 3.36. The maximum atomic E-state index is 14.0. The second-order valence-electron chi connectivity index (χ2n) is 9.89. The van der Waals surface area contributed by atoms with E-state index in [1.54, 1.807) is 14.0 Å². The Labute approximate surface area is 235 Å². The van der Waals surface area contributed by atoms with E-state index in [2.05, 4.69) is 53.7 Å². The lowest BCUT2D eigenvalue weighted by Gasteiger charge is -2.34. The third kappa shape index (κ3) is 6.85. The van der Waals surface area contributed by atoms with Crippen LogP contribution >= 0.6 is 11.3 Å². The summed E-state index contributed by atoms with van der Waals surface area (Å²) in [6, 6.07) is 13.5. The molecule has 8 heteroatoms. The van der Waals surface area contributed by atoms with Crippen molar-refractivity contribution in [3.8, 4) is 23.1 Å². The number of thiazole rings is 1. The first-order valence-corrected chi connectivity index (χ1v) is 14.5. The molecule has 1 aliphatic rings. The molecular formula is C31H38N4O3S. The van der Waals surface area contributed by atoms with Gasteiger partial charge in [-0.25, -0.2) is 4.98 Å².